The first-order valence-electron chi connectivity index (χ1n) is 23.2. The molecule has 1 N–H and O–H groups in total. The Balaban J connectivity index is 2.29. The zero-order chi connectivity index (χ0) is 40.4. The average Bonchev–Trinajstić information content (AvgIpc) is 3.21. The van der Waals surface area contributed by atoms with Crippen LogP contribution >= 0.6 is 0 Å². The number of alkyl carbamates (subject to hydrolysis) is 1. The van der Waals surface area contributed by atoms with Crippen LogP contribution in [-0.2, 0) is 23.8 Å². The highest BCUT2D eigenvalue weighted by atomic mass is 16.6. The lowest BCUT2D eigenvalue weighted by atomic mass is 10.1. The molecule has 1 rings (SSSR count). The smallest absolute Gasteiger partial charge is 0.408 e. The number of allylic oxidation sites excluding steroid dienone is 8. The summed E-state index contributed by atoms with van der Waals surface area (Å²) in [6, 6.07) is 0. The Morgan fingerprint density at radius 2 is 0.929 bits per heavy atom. The Bertz CT molecular complexity index is 986. The van der Waals surface area contributed by atoms with E-state index in [1.165, 1.54) is 96.3 Å². The van der Waals surface area contributed by atoms with Crippen LogP contribution in [0, 0.1) is 0 Å². The minimum atomic E-state index is -1.72. The molecule has 0 aromatic heterocycles. The number of esters is 2. The number of piperidine rings is 1. The molecule has 1 fully saturated rings. The minimum Gasteiger partial charge on any atom is -0.462 e. The monoisotopic (exact) mass is 785 g/mol. The SMILES string of the molecule is CCCCC/C=C\C/C=C\CCCCCCCCOC(=O)C(OC(=O)NCCCN1CCCCC1)C(=O)OCCCCCCCC/C=C\C/C=C\CCCCC. The molecule has 1 aliphatic rings. The van der Waals surface area contributed by atoms with E-state index >= 15 is 0 Å². The molecule has 0 aliphatic carbocycles. The molecule has 322 valence electrons. The molecule has 1 heterocycles. The van der Waals surface area contributed by atoms with Crippen LogP contribution in [0.25, 0.3) is 0 Å². The number of rotatable bonds is 37. The molecule has 56 heavy (non-hydrogen) atoms. The van der Waals surface area contributed by atoms with Crippen molar-refractivity contribution >= 4 is 18.0 Å². The van der Waals surface area contributed by atoms with Gasteiger partial charge in [-0.25, -0.2) is 14.4 Å². The molecule has 1 amide bonds. The fraction of sp³-hybridized carbons (Fsp3) is 0.771. The van der Waals surface area contributed by atoms with Crippen molar-refractivity contribution in [1.82, 2.24) is 10.2 Å². The highest BCUT2D eigenvalue weighted by molar-refractivity contribution is 5.99. The highest BCUT2D eigenvalue weighted by Crippen LogP contribution is 2.12. The van der Waals surface area contributed by atoms with Gasteiger partial charge in [0.1, 0.15) is 0 Å². The first kappa shape index (κ1) is 51.1. The van der Waals surface area contributed by atoms with Crippen molar-refractivity contribution in [3.05, 3.63) is 48.6 Å². The van der Waals surface area contributed by atoms with Crippen LogP contribution in [0.4, 0.5) is 4.79 Å². The van der Waals surface area contributed by atoms with Crippen molar-refractivity contribution in [3.8, 4) is 0 Å². The van der Waals surface area contributed by atoms with Crippen LogP contribution in [0.2, 0.25) is 0 Å². The summed E-state index contributed by atoms with van der Waals surface area (Å²) >= 11 is 0. The average molecular weight is 785 g/mol. The van der Waals surface area contributed by atoms with E-state index in [4.69, 9.17) is 14.2 Å². The fourth-order valence-electron chi connectivity index (χ4n) is 6.69. The molecule has 0 spiro atoms. The van der Waals surface area contributed by atoms with Gasteiger partial charge in [0.15, 0.2) is 0 Å². The Morgan fingerprint density at radius 1 is 0.518 bits per heavy atom. The Hall–Kier alpha value is -2.87. The van der Waals surface area contributed by atoms with Gasteiger partial charge in [-0.15, -0.1) is 0 Å². The summed E-state index contributed by atoms with van der Waals surface area (Å²) in [5, 5.41) is 2.70. The standard InChI is InChI=1S/C48H84N2O6/c1-3-5-7-9-11-13-15-17-19-21-23-25-27-29-31-36-43-54-46(51)45(56-48(53)49-39-38-42-50-40-34-33-35-41-50)47(52)55-44-37-32-30-28-26-24-22-20-18-16-14-12-10-8-6-4-2/h11-14,17-20,45H,3-10,15-16,21-44H2,1-2H3,(H,49,53)/b13-11-,14-12-,19-17-,20-18-. The van der Waals surface area contributed by atoms with Gasteiger partial charge in [-0.2, -0.15) is 0 Å². The van der Waals surface area contributed by atoms with Gasteiger partial charge < -0.3 is 24.4 Å². The number of carbonyl (C=O) groups is 3. The summed E-state index contributed by atoms with van der Waals surface area (Å²) in [7, 11) is 0. The number of hydrogen-bond donors (Lipinski definition) is 1. The number of hydrogen-bond acceptors (Lipinski definition) is 7. The molecule has 1 aliphatic heterocycles. The summed E-state index contributed by atoms with van der Waals surface area (Å²) in [6.45, 7) is 8.33. The van der Waals surface area contributed by atoms with E-state index in [0.29, 0.717) is 19.4 Å². The third kappa shape index (κ3) is 33.3. The summed E-state index contributed by atoms with van der Waals surface area (Å²) in [5.74, 6) is -1.73. The zero-order valence-corrected chi connectivity index (χ0v) is 36.1. The fourth-order valence-corrected chi connectivity index (χ4v) is 6.69. The van der Waals surface area contributed by atoms with Crippen LogP contribution in [0.5, 0.6) is 0 Å². The van der Waals surface area contributed by atoms with E-state index in [0.717, 1.165) is 90.3 Å². The van der Waals surface area contributed by atoms with Crippen LogP contribution in [-0.4, -0.2) is 68.4 Å². The maximum Gasteiger partial charge on any atom is 0.408 e. The lowest BCUT2D eigenvalue weighted by Crippen LogP contribution is -2.41. The van der Waals surface area contributed by atoms with Gasteiger partial charge in [0.2, 0.25) is 0 Å². The van der Waals surface area contributed by atoms with Crippen LogP contribution < -0.4 is 5.32 Å². The molecule has 0 radical (unpaired) electrons. The number of nitrogens with one attached hydrogen (secondary N) is 1. The van der Waals surface area contributed by atoms with Crippen molar-refractivity contribution in [2.45, 2.75) is 200 Å². The molecule has 0 unspecified atom stereocenters. The minimum absolute atomic E-state index is 0.185. The van der Waals surface area contributed by atoms with Gasteiger partial charge in [0, 0.05) is 6.54 Å². The van der Waals surface area contributed by atoms with Crippen molar-refractivity contribution in [2.75, 3.05) is 39.4 Å². The van der Waals surface area contributed by atoms with E-state index in [9.17, 15) is 14.4 Å². The number of likely N-dealkylation sites (tertiary alicyclic amines) is 1. The van der Waals surface area contributed by atoms with Crippen LogP contribution in [0.1, 0.15) is 194 Å². The van der Waals surface area contributed by atoms with E-state index in [2.05, 4.69) is 72.7 Å². The molecule has 8 heteroatoms. The Labute approximate surface area is 343 Å². The topological polar surface area (TPSA) is 94.2 Å². The molecular weight excluding hydrogens is 701 g/mol. The van der Waals surface area contributed by atoms with Crippen molar-refractivity contribution < 1.29 is 28.6 Å². The maximum absolute atomic E-state index is 12.9. The molecule has 0 aromatic carbocycles. The van der Waals surface area contributed by atoms with E-state index in [1.807, 2.05) is 0 Å². The summed E-state index contributed by atoms with van der Waals surface area (Å²) < 4.78 is 16.1. The van der Waals surface area contributed by atoms with Crippen LogP contribution in [0.15, 0.2) is 48.6 Å². The summed E-state index contributed by atoms with van der Waals surface area (Å²) in [4.78, 5) is 40.9. The van der Waals surface area contributed by atoms with Gasteiger partial charge in [-0.3, -0.25) is 0 Å². The summed E-state index contributed by atoms with van der Waals surface area (Å²) in [5.41, 5.74) is 0. The number of amides is 1. The summed E-state index contributed by atoms with van der Waals surface area (Å²) in [6.07, 6.45) is 47.0. The largest absolute Gasteiger partial charge is 0.462 e. The lowest BCUT2D eigenvalue weighted by Gasteiger charge is -2.26. The lowest BCUT2D eigenvalue weighted by molar-refractivity contribution is -0.169. The second-order valence-electron chi connectivity index (χ2n) is 15.5. The van der Waals surface area contributed by atoms with Crippen molar-refractivity contribution in [3.63, 3.8) is 0 Å². The molecular formula is C48H84N2O6. The molecule has 0 saturated carbocycles. The third-order valence-corrected chi connectivity index (χ3v) is 10.2. The Morgan fingerprint density at radius 3 is 1.38 bits per heavy atom. The van der Waals surface area contributed by atoms with E-state index < -0.39 is 24.1 Å². The zero-order valence-electron chi connectivity index (χ0n) is 36.1. The van der Waals surface area contributed by atoms with Crippen LogP contribution in [0.3, 0.4) is 0 Å². The van der Waals surface area contributed by atoms with Crippen molar-refractivity contribution in [1.29, 1.82) is 0 Å². The predicted octanol–water partition coefficient (Wildman–Crippen LogP) is 12.7. The predicted molar refractivity (Wildman–Crippen MR) is 234 cm³/mol. The van der Waals surface area contributed by atoms with Gasteiger partial charge in [-0.1, -0.05) is 146 Å². The number of carbonyl (C=O) groups excluding carboxylic acids is 3. The first-order valence-corrected chi connectivity index (χ1v) is 23.2. The highest BCUT2D eigenvalue weighted by Gasteiger charge is 2.34. The van der Waals surface area contributed by atoms with Crippen molar-refractivity contribution in [2.24, 2.45) is 0 Å². The maximum atomic E-state index is 12.9. The Kier molecular flexibility index (Phi) is 36.8. The number of unbranched alkanes of at least 4 members (excludes halogenated alkanes) is 18. The second-order valence-corrected chi connectivity index (χ2v) is 15.5. The van der Waals surface area contributed by atoms with E-state index in [1.54, 1.807) is 0 Å². The van der Waals surface area contributed by atoms with Gasteiger partial charge in [-0.05, 0) is 116 Å². The number of nitrogens with zero attached hydrogens (tertiary/aromatic N) is 1. The van der Waals surface area contributed by atoms with Gasteiger partial charge >= 0.3 is 18.0 Å². The quantitative estimate of drug-likeness (QED) is 0.0220. The molecule has 1 saturated heterocycles. The van der Waals surface area contributed by atoms with E-state index in [-0.39, 0.29) is 13.2 Å². The van der Waals surface area contributed by atoms with Gasteiger partial charge in [0.25, 0.3) is 6.10 Å². The first-order chi connectivity index (χ1) is 27.6. The molecule has 8 nitrogen and oxygen atoms in total. The number of ether oxygens (including phenoxy) is 3. The molecule has 0 aromatic rings. The molecule has 0 atom stereocenters. The van der Waals surface area contributed by atoms with Gasteiger partial charge in [0.05, 0.1) is 13.2 Å². The normalized spacial score (nSPS) is 13.8. The second kappa shape index (κ2) is 40.3. The molecule has 0 bridgehead atoms. The third-order valence-electron chi connectivity index (χ3n) is 10.2.